The molecule has 2 N–H and O–H groups in total. The van der Waals surface area contributed by atoms with Gasteiger partial charge in [0.2, 0.25) is 0 Å². The van der Waals surface area contributed by atoms with Gasteiger partial charge in [0.25, 0.3) is 0 Å². The Morgan fingerprint density at radius 1 is 1.39 bits per heavy atom. The summed E-state index contributed by atoms with van der Waals surface area (Å²) in [6.07, 6.45) is 5.00. The minimum absolute atomic E-state index is 0.230. The number of aryl methyl sites for hydroxylation is 1. The highest BCUT2D eigenvalue weighted by molar-refractivity contribution is 5.60. The van der Waals surface area contributed by atoms with E-state index < -0.39 is 0 Å². The summed E-state index contributed by atoms with van der Waals surface area (Å²) in [5, 5.41) is 8.15. The second-order valence-corrected chi connectivity index (χ2v) is 4.09. The minimum atomic E-state index is -0.230. The molecule has 1 unspecified atom stereocenters. The number of aromatic nitrogens is 5. The van der Waals surface area contributed by atoms with Crippen LogP contribution in [-0.4, -0.2) is 24.6 Å². The molecule has 0 aliphatic heterocycles. The summed E-state index contributed by atoms with van der Waals surface area (Å²) in [5.74, 6) is 1.05. The number of nitrogens with two attached hydrogens (primary N) is 1. The predicted octanol–water partition coefficient (Wildman–Crippen LogP) is 1.11. The largest absolute Gasteiger partial charge is 0.432 e. The van der Waals surface area contributed by atoms with Gasteiger partial charge in [-0.2, -0.15) is 4.98 Å². The topological polar surface area (TPSA) is 95.1 Å². The first-order valence-corrected chi connectivity index (χ1v) is 5.54. The molecule has 0 radical (unpaired) electrons. The Morgan fingerprint density at radius 3 is 2.89 bits per heavy atom. The molecule has 0 aliphatic carbocycles. The molecule has 0 amide bonds. The molecule has 7 nitrogen and oxygen atoms in total. The Balaban J connectivity index is 2.13. The molecule has 0 bridgehead atoms. The van der Waals surface area contributed by atoms with Crippen LogP contribution in [0.15, 0.2) is 23.1 Å². The van der Waals surface area contributed by atoms with Crippen LogP contribution in [0, 0.1) is 6.92 Å². The van der Waals surface area contributed by atoms with Gasteiger partial charge < -0.3 is 10.2 Å². The fraction of sp³-hybridized carbons (Fsp3) is 0.273. The first-order chi connectivity index (χ1) is 8.66. The maximum atomic E-state index is 5.69. The number of nitrogens with zero attached hydrogens (tertiary/aromatic N) is 5. The number of fused-ring (bicyclic) bond motifs is 1. The number of imidazole rings is 1. The Morgan fingerprint density at radius 2 is 2.22 bits per heavy atom. The van der Waals surface area contributed by atoms with Crippen molar-refractivity contribution in [2.75, 3.05) is 0 Å². The lowest BCUT2D eigenvalue weighted by Gasteiger charge is -2.03. The number of rotatable bonds is 2. The van der Waals surface area contributed by atoms with Gasteiger partial charge in [-0.3, -0.25) is 4.40 Å². The molecule has 0 saturated carbocycles. The van der Waals surface area contributed by atoms with Crippen LogP contribution in [0.25, 0.3) is 17.2 Å². The summed E-state index contributed by atoms with van der Waals surface area (Å²) in [6.45, 7) is 3.70. The maximum absolute atomic E-state index is 5.69. The van der Waals surface area contributed by atoms with E-state index in [1.807, 2.05) is 18.2 Å². The number of hydrogen-bond donors (Lipinski definition) is 1. The van der Waals surface area contributed by atoms with Gasteiger partial charge in [-0.05, 0) is 13.8 Å². The number of hydrogen-bond acceptors (Lipinski definition) is 6. The van der Waals surface area contributed by atoms with Gasteiger partial charge in [0.1, 0.15) is 17.7 Å². The van der Waals surface area contributed by atoms with Gasteiger partial charge in [0, 0.05) is 6.20 Å². The van der Waals surface area contributed by atoms with Crippen molar-refractivity contribution in [1.29, 1.82) is 0 Å². The Labute approximate surface area is 103 Å². The average Bonchev–Trinajstić information content (AvgIpc) is 2.89. The van der Waals surface area contributed by atoms with Crippen LogP contribution in [0.2, 0.25) is 0 Å². The minimum Gasteiger partial charge on any atom is -0.432 e. The molecule has 1 atom stereocenters. The maximum Gasteiger partial charge on any atom is 0.306 e. The number of oxazole rings is 1. The lowest BCUT2D eigenvalue weighted by atomic mass is 10.2. The molecule has 0 saturated heterocycles. The van der Waals surface area contributed by atoms with E-state index in [-0.39, 0.29) is 6.04 Å². The summed E-state index contributed by atoms with van der Waals surface area (Å²) in [7, 11) is 0. The zero-order chi connectivity index (χ0) is 12.7. The quantitative estimate of drug-likeness (QED) is 0.725. The second-order valence-electron chi connectivity index (χ2n) is 4.09. The molecule has 92 valence electrons. The van der Waals surface area contributed by atoms with Crippen LogP contribution in [0.1, 0.15) is 24.5 Å². The highest BCUT2D eigenvalue weighted by Crippen LogP contribution is 2.22. The van der Waals surface area contributed by atoms with Crippen LogP contribution < -0.4 is 5.73 Å². The third kappa shape index (κ3) is 1.56. The van der Waals surface area contributed by atoms with Crippen molar-refractivity contribution < 1.29 is 4.42 Å². The van der Waals surface area contributed by atoms with E-state index >= 15 is 0 Å². The van der Waals surface area contributed by atoms with E-state index in [0.717, 1.165) is 11.4 Å². The predicted molar refractivity (Wildman–Crippen MR) is 63.6 cm³/mol. The van der Waals surface area contributed by atoms with Crippen molar-refractivity contribution in [3.63, 3.8) is 0 Å². The fourth-order valence-corrected chi connectivity index (χ4v) is 1.80. The molecule has 18 heavy (non-hydrogen) atoms. The molecule has 3 rings (SSSR count). The smallest absolute Gasteiger partial charge is 0.306 e. The van der Waals surface area contributed by atoms with E-state index in [4.69, 9.17) is 10.2 Å². The van der Waals surface area contributed by atoms with Gasteiger partial charge in [-0.15, -0.1) is 10.2 Å². The zero-order valence-corrected chi connectivity index (χ0v) is 10.0. The van der Waals surface area contributed by atoms with E-state index in [0.29, 0.717) is 17.4 Å². The summed E-state index contributed by atoms with van der Waals surface area (Å²) in [5.41, 5.74) is 7.98. The van der Waals surface area contributed by atoms with E-state index in [9.17, 15) is 0 Å². The highest BCUT2D eigenvalue weighted by atomic mass is 16.3. The van der Waals surface area contributed by atoms with Crippen LogP contribution in [-0.2, 0) is 0 Å². The van der Waals surface area contributed by atoms with Crippen molar-refractivity contribution in [2.45, 2.75) is 19.9 Å². The van der Waals surface area contributed by atoms with Gasteiger partial charge in [-0.25, -0.2) is 4.98 Å². The van der Waals surface area contributed by atoms with Gasteiger partial charge in [0.05, 0.1) is 17.9 Å². The van der Waals surface area contributed by atoms with Crippen LogP contribution in [0.5, 0.6) is 0 Å². The normalized spacial score (nSPS) is 13.1. The van der Waals surface area contributed by atoms with Crippen LogP contribution in [0.4, 0.5) is 0 Å². The van der Waals surface area contributed by atoms with Crippen molar-refractivity contribution in [2.24, 2.45) is 5.73 Å². The molecular formula is C11H12N6O. The Bertz CT molecular complexity index is 681. The summed E-state index contributed by atoms with van der Waals surface area (Å²) >= 11 is 0. The average molecular weight is 244 g/mol. The highest BCUT2D eigenvalue weighted by Gasteiger charge is 2.15. The summed E-state index contributed by atoms with van der Waals surface area (Å²) in [4.78, 5) is 8.48. The lowest BCUT2D eigenvalue weighted by molar-refractivity contribution is 0.595. The monoisotopic (exact) mass is 244 g/mol. The SMILES string of the molecule is Cc1nc2occn2c1-c1cnc(C(C)N)nn1. The molecule has 0 spiro atoms. The van der Waals surface area contributed by atoms with Crippen molar-refractivity contribution in [3.8, 4) is 11.4 Å². The second kappa shape index (κ2) is 3.88. The molecular weight excluding hydrogens is 232 g/mol. The van der Waals surface area contributed by atoms with Gasteiger partial charge in [-0.1, -0.05) is 0 Å². The molecule has 3 heterocycles. The Kier molecular flexibility index (Phi) is 2.34. The van der Waals surface area contributed by atoms with Crippen molar-refractivity contribution in [1.82, 2.24) is 24.6 Å². The first-order valence-electron chi connectivity index (χ1n) is 5.54. The summed E-state index contributed by atoms with van der Waals surface area (Å²) in [6, 6.07) is -0.230. The van der Waals surface area contributed by atoms with Crippen LogP contribution in [0.3, 0.4) is 0 Å². The lowest BCUT2D eigenvalue weighted by Crippen LogP contribution is -2.11. The van der Waals surface area contributed by atoms with Crippen LogP contribution >= 0.6 is 0 Å². The molecule has 7 heteroatoms. The van der Waals surface area contributed by atoms with Crippen molar-refractivity contribution >= 4 is 5.84 Å². The standard InChI is InChI=1S/C11H12N6O/c1-6(12)10-13-5-8(15-16-10)9-7(2)14-11-17(9)3-4-18-11/h3-6H,12H2,1-2H3. The fourth-order valence-electron chi connectivity index (χ4n) is 1.80. The Hall–Kier alpha value is -2.28. The third-order valence-electron chi connectivity index (χ3n) is 2.67. The van der Waals surface area contributed by atoms with E-state index in [1.54, 1.807) is 18.7 Å². The molecule has 0 aromatic carbocycles. The first kappa shape index (κ1) is 10.8. The molecule has 3 aromatic heterocycles. The molecule has 3 aromatic rings. The van der Waals surface area contributed by atoms with Gasteiger partial charge in [0.15, 0.2) is 5.82 Å². The molecule has 0 aliphatic rings. The van der Waals surface area contributed by atoms with E-state index in [2.05, 4.69) is 20.2 Å². The third-order valence-corrected chi connectivity index (χ3v) is 2.67. The summed E-state index contributed by atoms with van der Waals surface area (Å²) < 4.78 is 7.04. The van der Waals surface area contributed by atoms with Crippen molar-refractivity contribution in [3.05, 3.63) is 30.2 Å². The molecule has 0 fully saturated rings. The van der Waals surface area contributed by atoms with E-state index in [1.165, 1.54) is 0 Å². The zero-order valence-electron chi connectivity index (χ0n) is 10.0. The van der Waals surface area contributed by atoms with Gasteiger partial charge >= 0.3 is 5.84 Å².